The summed E-state index contributed by atoms with van der Waals surface area (Å²) in [4.78, 5) is 21.2. The molecule has 0 radical (unpaired) electrons. The molecular weight excluding hydrogens is 214 g/mol. The molecule has 0 aromatic heterocycles. The zero-order valence-electron chi connectivity index (χ0n) is 8.23. The zero-order valence-corrected chi connectivity index (χ0v) is 8.23. The molecule has 0 saturated carbocycles. The molecule has 0 aliphatic carbocycles. The van der Waals surface area contributed by atoms with Crippen LogP contribution in [0.5, 0.6) is 5.75 Å². The number of carboxylic acid groups (broad SMARTS) is 1. The maximum atomic E-state index is 10.9. The molecule has 84 valence electrons. The highest BCUT2D eigenvalue weighted by atomic mass is 16.5. The number of aliphatic carboxylic acids is 1. The first-order chi connectivity index (χ1) is 7.65. The number of benzene rings is 1. The summed E-state index contributed by atoms with van der Waals surface area (Å²) in [6, 6.07) is 4.87. The Hall–Kier alpha value is -2.24. The van der Waals surface area contributed by atoms with Gasteiger partial charge in [0.1, 0.15) is 12.4 Å². The SMILES string of the molecule is O=C(O)COc1ccc2c(c1)COC(=O)N2. The van der Waals surface area contributed by atoms with Gasteiger partial charge in [0.2, 0.25) is 0 Å². The van der Waals surface area contributed by atoms with Crippen molar-refractivity contribution >= 4 is 17.7 Å². The van der Waals surface area contributed by atoms with Gasteiger partial charge in [-0.25, -0.2) is 9.59 Å². The maximum absolute atomic E-state index is 10.9. The number of nitrogens with one attached hydrogen (secondary N) is 1. The highest BCUT2D eigenvalue weighted by Gasteiger charge is 2.15. The summed E-state index contributed by atoms with van der Waals surface area (Å²) in [5.74, 6) is -0.608. The molecule has 0 saturated heterocycles. The standard InChI is InChI=1S/C10H9NO5/c12-9(13)5-15-7-1-2-8-6(3-7)4-16-10(14)11-8/h1-3H,4-5H2,(H,11,14)(H,12,13). The molecule has 0 bridgehead atoms. The van der Waals surface area contributed by atoms with E-state index in [-0.39, 0.29) is 6.61 Å². The minimum absolute atomic E-state index is 0.158. The zero-order chi connectivity index (χ0) is 11.5. The lowest BCUT2D eigenvalue weighted by Crippen LogP contribution is -2.20. The molecule has 1 aromatic rings. The third kappa shape index (κ3) is 2.22. The van der Waals surface area contributed by atoms with Crippen molar-refractivity contribution in [3.63, 3.8) is 0 Å². The highest BCUT2D eigenvalue weighted by Crippen LogP contribution is 2.25. The Morgan fingerprint density at radius 2 is 2.38 bits per heavy atom. The average Bonchev–Trinajstić information content (AvgIpc) is 2.26. The van der Waals surface area contributed by atoms with Crippen LogP contribution in [0.25, 0.3) is 0 Å². The number of hydrogen-bond acceptors (Lipinski definition) is 4. The lowest BCUT2D eigenvalue weighted by molar-refractivity contribution is -0.139. The number of rotatable bonds is 3. The first-order valence-electron chi connectivity index (χ1n) is 4.56. The number of carbonyl (C=O) groups excluding carboxylic acids is 1. The van der Waals surface area contributed by atoms with Gasteiger partial charge in [-0.15, -0.1) is 0 Å². The van der Waals surface area contributed by atoms with Gasteiger partial charge in [-0.3, -0.25) is 5.32 Å². The van der Waals surface area contributed by atoms with Crippen molar-refractivity contribution in [2.45, 2.75) is 6.61 Å². The lowest BCUT2D eigenvalue weighted by Gasteiger charge is -2.17. The molecule has 2 N–H and O–H groups in total. The van der Waals surface area contributed by atoms with Gasteiger partial charge < -0.3 is 14.6 Å². The number of cyclic esters (lactones) is 1. The molecule has 1 aliphatic rings. The van der Waals surface area contributed by atoms with E-state index < -0.39 is 18.7 Å². The Morgan fingerprint density at radius 1 is 1.56 bits per heavy atom. The van der Waals surface area contributed by atoms with Crippen LogP contribution in [0.1, 0.15) is 5.56 Å². The Balaban J connectivity index is 2.13. The van der Waals surface area contributed by atoms with Crippen molar-refractivity contribution in [1.29, 1.82) is 0 Å². The second-order valence-corrected chi connectivity index (χ2v) is 3.20. The van der Waals surface area contributed by atoms with Gasteiger partial charge in [-0.1, -0.05) is 0 Å². The van der Waals surface area contributed by atoms with Crippen molar-refractivity contribution in [3.8, 4) is 5.75 Å². The summed E-state index contributed by atoms with van der Waals surface area (Å²) in [5.41, 5.74) is 1.40. The van der Waals surface area contributed by atoms with Crippen LogP contribution in [-0.2, 0) is 16.1 Å². The second-order valence-electron chi connectivity index (χ2n) is 3.20. The fourth-order valence-corrected chi connectivity index (χ4v) is 1.34. The Bertz CT molecular complexity index is 443. The minimum Gasteiger partial charge on any atom is -0.482 e. The predicted octanol–water partition coefficient (Wildman–Crippen LogP) is 1.21. The van der Waals surface area contributed by atoms with E-state index >= 15 is 0 Å². The van der Waals surface area contributed by atoms with Gasteiger partial charge in [0.05, 0.1) is 5.69 Å². The van der Waals surface area contributed by atoms with Crippen LogP contribution in [-0.4, -0.2) is 23.8 Å². The van der Waals surface area contributed by atoms with Crippen LogP contribution in [0, 0.1) is 0 Å². The number of amides is 1. The van der Waals surface area contributed by atoms with E-state index in [9.17, 15) is 9.59 Å². The van der Waals surface area contributed by atoms with Crippen LogP contribution >= 0.6 is 0 Å². The molecule has 0 unspecified atom stereocenters. The molecule has 1 amide bonds. The number of anilines is 1. The van der Waals surface area contributed by atoms with Crippen molar-refractivity contribution in [2.75, 3.05) is 11.9 Å². The first kappa shape index (κ1) is 10.3. The summed E-state index contributed by atoms with van der Waals surface area (Å²) < 4.78 is 9.76. The molecule has 0 fully saturated rings. The van der Waals surface area contributed by atoms with E-state index in [0.29, 0.717) is 11.4 Å². The van der Waals surface area contributed by atoms with Crippen LogP contribution < -0.4 is 10.1 Å². The number of ether oxygens (including phenoxy) is 2. The van der Waals surface area contributed by atoms with Gasteiger partial charge in [0.15, 0.2) is 6.61 Å². The van der Waals surface area contributed by atoms with Crippen molar-refractivity contribution in [3.05, 3.63) is 23.8 Å². The van der Waals surface area contributed by atoms with E-state index in [1.165, 1.54) is 0 Å². The molecule has 0 atom stereocenters. The fraction of sp³-hybridized carbons (Fsp3) is 0.200. The number of fused-ring (bicyclic) bond motifs is 1. The monoisotopic (exact) mass is 223 g/mol. The summed E-state index contributed by atoms with van der Waals surface area (Å²) in [6.45, 7) is -0.239. The van der Waals surface area contributed by atoms with Gasteiger partial charge in [0, 0.05) is 5.56 Å². The van der Waals surface area contributed by atoms with E-state index in [0.717, 1.165) is 5.56 Å². The van der Waals surface area contributed by atoms with Crippen molar-refractivity contribution in [2.24, 2.45) is 0 Å². The van der Waals surface area contributed by atoms with Gasteiger partial charge >= 0.3 is 12.1 Å². The van der Waals surface area contributed by atoms with Gasteiger partial charge in [0.25, 0.3) is 0 Å². The molecular formula is C10H9NO5. The van der Waals surface area contributed by atoms with E-state index in [1.54, 1.807) is 18.2 Å². The third-order valence-electron chi connectivity index (χ3n) is 2.03. The number of carboxylic acids is 1. The topological polar surface area (TPSA) is 84.9 Å². The molecule has 1 aromatic carbocycles. The van der Waals surface area contributed by atoms with Crippen molar-refractivity contribution in [1.82, 2.24) is 0 Å². The third-order valence-corrected chi connectivity index (χ3v) is 2.03. The first-order valence-corrected chi connectivity index (χ1v) is 4.56. The van der Waals surface area contributed by atoms with Gasteiger partial charge in [-0.05, 0) is 18.2 Å². The molecule has 0 spiro atoms. The number of carbonyl (C=O) groups is 2. The van der Waals surface area contributed by atoms with Gasteiger partial charge in [-0.2, -0.15) is 0 Å². The van der Waals surface area contributed by atoms with E-state index in [1.807, 2.05) is 0 Å². The van der Waals surface area contributed by atoms with Crippen LogP contribution in [0.3, 0.4) is 0 Å². The highest BCUT2D eigenvalue weighted by molar-refractivity contribution is 5.87. The smallest absolute Gasteiger partial charge is 0.411 e. The van der Waals surface area contributed by atoms with E-state index in [2.05, 4.69) is 5.32 Å². The van der Waals surface area contributed by atoms with Crippen LogP contribution in [0.4, 0.5) is 10.5 Å². The largest absolute Gasteiger partial charge is 0.482 e. The quantitative estimate of drug-likeness (QED) is 0.804. The summed E-state index contributed by atoms with van der Waals surface area (Å²) in [6.07, 6.45) is -0.494. The Kier molecular flexibility index (Phi) is 2.63. The number of hydrogen-bond donors (Lipinski definition) is 2. The summed E-state index contributed by atoms with van der Waals surface area (Å²) in [7, 11) is 0. The second kappa shape index (κ2) is 4.09. The normalized spacial score (nSPS) is 13.4. The molecule has 1 aliphatic heterocycles. The van der Waals surface area contributed by atoms with Crippen LogP contribution in [0.15, 0.2) is 18.2 Å². The molecule has 16 heavy (non-hydrogen) atoms. The fourth-order valence-electron chi connectivity index (χ4n) is 1.34. The van der Waals surface area contributed by atoms with Crippen molar-refractivity contribution < 1.29 is 24.2 Å². The molecule has 1 heterocycles. The average molecular weight is 223 g/mol. The Morgan fingerprint density at radius 3 is 3.12 bits per heavy atom. The maximum Gasteiger partial charge on any atom is 0.411 e. The van der Waals surface area contributed by atoms with Crippen LogP contribution in [0.2, 0.25) is 0 Å². The minimum atomic E-state index is -1.04. The predicted molar refractivity (Wildman–Crippen MR) is 53.4 cm³/mol. The summed E-state index contributed by atoms with van der Waals surface area (Å²) >= 11 is 0. The summed E-state index contributed by atoms with van der Waals surface area (Å²) in [5, 5.41) is 11.0. The van der Waals surface area contributed by atoms with E-state index in [4.69, 9.17) is 14.6 Å². The molecule has 6 heteroatoms. The lowest BCUT2D eigenvalue weighted by atomic mass is 10.1. The molecule has 6 nitrogen and oxygen atoms in total. The molecule has 2 rings (SSSR count). The Labute approximate surface area is 90.8 Å².